The highest BCUT2D eigenvalue weighted by atomic mass is 16.4. The minimum Gasteiger partial charge on any atom is -0.481 e. The molecule has 1 unspecified atom stereocenters. The highest BCUT2D eigenvalue weighted by molar-refractivity contribution is 5.86. The van der Waals surface area contributed by atoms with E-state index in [1.807, 2.05) is 18.2 Å². The quantitative estimate of drug-likeness (QED) is 0.853. The van der Waals surface area contributed by atoms with Crippen LogP contribution >= 0.6 is 0 Å². The van der Waals surface area contributed by atoms with Crippen molar-refractivity contribution in [1.82, 2.24) is 0 Å². The lowest BCUT2D eigenvalue weighted by Gasteiger charge is -2.16. The zero-order valence-corrected chi connectivity index (χ0v) is 10.6. The van der Waals surface area contributed by atoms with E-state index < -0.39 is 5.97 Å². The molecule has 1 N–H and O–H groups in total. The summed E-state index contributed by atoms with van der Waals surface area (Å²) in [6, 6.07) is 14.3. The average Bonchev–Trinajstić information content (AvgIpc) is 2.37. The van der Waals surface area contributed by atoms with Crippen molar-refractivity contribution in [3.63, 3.8) is 0 Å². The van der Waals surface area contributed by atoms with Crippen LogP contribution in [-0.4, -0.2) is 11.1 Å². The van der Waals surface area contributed by atoms with Crippen LogP contribution in [0.2, 0.25) is 0 Å². The van der Waals surface area contributed by atoms with Crippen LogP contribution in [0, 0.1) is 0 Å². The minimum absolute atomic E-state index is 0.110. The molecule has 2 rings (SSSR count). The molecular formula is C16H18O2. The van der Waals surface area contributed by atoms with Crippen molar-refractivity contribution in [2.75, 3.05) is 0 Å². The van der Waals surface area contributed by atoms with Gasteiger partial charge in [0, 0.05) is 0 Å². The topological polar surface area (TPSA) is 37.3 Å². The molecule has 0 heterocycles. The minimum atomic E-state index is -0.721. The van der Waals surface area contributed by atoms with Gasteiger partial charge in [0.1, 0.15) is 0 Å². The Morgan fingerprint density at radius 1 is 1.17 bits per heavy atom. The van der Waals surface area contributed by atoms with Gasteiger partial charge in [-0.2, -0.15) is 0 Å². The van der Waals surface area contributed by atoms with E-state index in [0.717, 1.165) is 18.4 Å². The predicted octanol–water partition coefficient (Wildman–Crippen LogP) is 4.20. The van der Waals surface area contributed by atoms with E-state index in [9.17, 15) is 4.79 Å². The van der Waals surface area contributed by atoms with Gasteiger partial charge >= 0.3 is 5.97 Å². The predicted molar refractivity (Wildman–Crippen MR) is 73.8 cm³/mol. The molecule has 0 aliphatic carbocycles. The Kier molecular flexibility index (Phi) is 3.98. The number of aliphatic carboxylic acids is 1. The maximum atomic E-state index is 11.0. The van der Waals surface area contributed by atoms with Gasteiger partial charge in [-0.05, 0) is 28.7 Å². The Bertz CT molecular complexity index is 540. The molecular weight excluding hydrogens is 224 g/mol. The van der Waals surface area contributed by atoms with Crippen LogP contribution in [0.4, 0.5) is 0 Å². The fraction of sp³-hybridized carbons (Fsp3) is 0.312. The van der Waals surface area contributed by atoms with Gasteiger partial charge in [0.15, 0.2) is 0 Å². The first-order valence-corrected chi connectivity index (χ1v) is 6.41. The van der Waals surface area contributed by atoms with Gasteiger partial charge in [-0.3, -0.25) is 4.79 Å². The van der Waals surface area contributed by atoms with Crippen LogP contribution in [-0.2, 0) is 4.79 Å². The second-order valence-electron chi connectivity index (χ2n) is 4.65. The van der Waals surface area contributed by atoms with E-state index in [4.69, 9.17) is 5.11 Å². The van der Waals surface area contributed by atoms with Crippen LogP contribution in [0.1, 0.15) is 37.7 Å². The smallest absolute Gasteiger partial charge is 0.303 e. The lowest BCUT2D eigenvalue weighted by atomic mass is 9.88. The van der Waals surface area contributed by atoms with Gasteiger partial charge < -0.3 is 5.11 Å². The van der Waals surface area contributed by atoms with Crippen molar-refractivity contribution in [3.05, 3.63) is 48.0 Å². The molecule has 1 atom stereocenters. The van der Waals surface area contributed by atoms with Crippen molar-refractivity contribution in [1.29, 1.82) is 0 Å². The number of rotatable bonds is 5. The summed E-state index contributed by atoms with van der Waals surface area (Å²) in [6.07, 6.45) is 2.13. The van der Waals surface area contributed by atoms with E-state index in [0.29, 0.717) is 0 Å². The molecule has 18 heavy (non-hydrogen) atoms. The Hall–Kier alpha value is -1.83. The lowest BCUT2D eigenvalue weighted by Crippen LogP contribution is -2.06. The summed E-state index contributed by atoms with van der Waals surface area (Å²) in [5, 5.41) is 11.4. The van der Waals surface area contributed by atoms with Crippen LogP contribution in [0.3, 0.4) is 0 Å². The van der Waals surface area contributed by atoms with Gasteiger partial charge in [-0.1, -0.05) is 55.8 Å². The Morgan fingerprint density at radius 3 is 2.61 bits per heavy atom. The normalized spacial score (nSPS) is 12.5. The van der Waals surface area contributed by atoms with Crippen LogP contribution in [0.15, 0.2) is 42.5 Å². The SMILES string of the molecule is CCCC(CC(=O)O)c1cccc2ccccc12. The summed E-state index contributed by atoms with van der Waals surface area (Å²) < 4.78 is 0. The van der Waals surface area contributed by atoms with Gasteiger partial charge in [-0.25, -0.2) is 0 Å². The molecule has 2 nitrogen and oxygen atoms in total. The molecule has 0 aliphatic rings. The second kappa shape index (κ2) is 5.67. The molecule has 0 radical (unpaired) electrons. The largest absolute Gasteiger partial charge is 0.481 e. The Labute approximate surface area is 107 Å². The maximum Gasteiger partial charge on any atom is 0.303 e. The van der Waals surface area contributed by atoms with Crippen molar-refractivity contribution >= 4 is 16.7 Å². The molecule has 2 heteroatoms. The molecule has 2 aromatic carbocycles. The lowest BCUT2D eigenvalue weighted by molar-refractivity contribution is -0.137. The molecule has 0 fully saturated rings. The monoisotopic (exact) mass is 242 g/mol. The fourth-order valence-corrected chi connectivity index (χ4v) is 2.53. The first kappa shape index (κ1) is 12.6. The highest BCUT2D eigenvalue weighted by Crippen LogP contribution is 2.31. The van der Waals surface area contributed by atoms with Crippen molar-refractivity contribution in [3.8, 4) is 0 Å². The molecule has 0 saturated heterocycles. The molecule has 0 aromatic heterocycles. The Balaban J connectivity index is 2.46. The van der Waals surface area contributed by atoms with E-state index in [-0.39, 0.29) is 12.3 Å². The fourth-order valence-electron chi connectivity index (χ4n) is 2.53. The second-order valence-corrected chi connectivity index (χ2v) is 4.65. The summed E-state index contributed by atoms with van der Waals surface area (Å²) in [5.41, 5.74) is 1.16. The van der Waals surface area contributed by atoms with E-state index in [1.54, 1.807) is 0 Å². The molecule has 0 aliphatic heterocycles. The van der Waals surface area contributed by atoms with E-state index >= 15 is 0 Å². The highest BCUT2D eigenvalue weighted by Gasteiger charge is 2.16. The van der Waals surface area contributed by atoms with E-state index in [2.05, 4.69) is 31.2 Å². The first-order valence-electron chi connectivity index (χ1n) is 6.41. The number of hydrogen-bond donors (Lipinski definition) is 1. The first-order chi connectivity index (χ1) is 8.72. The number of carboxylic acids is 1. The summed E-state index contributed by atoms with van der Waals surface area (Å²) in [7, 11) is 0. The van der Waals surface area contributed by atoms with Gasteiger partial charge in [0.25, 0.3) is 0 Å². The molecule has 0 amide bonds. The third-order valence-electron chi connectivity index (χ3n) is 3.32. The number of fused-ring (bicyclic) bond motifs is 1. The zero-order valence-electron chi connectivity index (χ0n) is 10.6. The standard InChI is InChI=1S/C16H18O2/c1-2-6-13(11-16(17)18)15-10-5-8-12-7-3-4-9-14(12)15/h3-5,7-10,13H,2,6,11H2,1H3,(H,17,18). The molecule has 94 valence electrons. The summed E-state index contributed by atoms with van der Waals surface area (Å²) in [5.74, 6) is -0.611. The average molecular weight is 242 g/mol. The third-order valence-corrected chi connectivity index (χ3v) is 3.32. The molecule has 0 spiro atoms. The number of hydrogen-bond acceptors (Lipinski definition) is 1. The number of carbonyl (C=O) groups is 1. The van der Waals surface area contributed by atoms with Crippen LogP contribution < -0.4 is 0 Å². The zero-order chi connectivity index (χ0) is 13.0. The van der Waals surface area contributed by atoms with Gasteiger partial charge in [0.2, 0.25) is 0 Å². The van der Waals surface area contributed by atoms with Crippen LogP contribution in [0.5, 0.6) is 0 Å². The van der Waals surface area contributed by atoms with Gasteiger partial charge in [-0.15, -0.1) is 0 Å². The maximum absolute atomic E-state index is 11.0. The summed E-state index contributed by atoms with van der Waals surface area (Å²) in [6.45, 7) is 2.10. The van der Waals surface area contributed by atoms with Crippen LogP contribution in [0.25, 0.3) is 10.8 Å². The third kappa shape index (κ3) is 2.70. The summed E-state index contributed by atoms with van der Waals surface area (Å²) >= 11 is 0. The van der Waals surface area contributed by atoms with Crippen molar-refractivity contribution in [2.24, 2.45) is 0 Å². The number of benzene rings is 2. The van der Waals surface area contributed by atoms with E-state index in [1.165, 1.54) is 10.8 Å². The summed E-state index contributed by atoms with van der Waals surface area (Å²) in [4.78, 5) is 11.0. The molecule has 2 aromatic rings. The van der Waals surface area contributed by atoms with Crippen molar-refractivity contribution < 1.29 is 9.90 Å². The van der Waals surface area contributed by atoms with Gasteiger partial charge in [0.05, 0.1) is 6.42 Å². The molecule has 0 saturated carbocycles. The number of carboxylic acid groups (broad SMARTS) is 1. The van der Waals surface area contributed by atoms with Crippen molar-refractivity contribution in [2.45, 2.75) is 32.1 Å². The molecule has 0 bridgehead atoms. The Morgan fingerprint density at radius 2 is 1.89 bits per heavy atom.